The van der Waals surface area contributed by atoms with Crippen LogP contribution in [-0.4, -0.2) is 62.8 Å². The van der Waals surface area contributed by atoms with Crippen LogP contribution >= 0.6 is 0 Å². The third-order valence-corrected chi connectivity index (χ3v) is 3.77. The van der Waals surface area contributed by atoms with Crippen molar-refractivity contribution in [3.8, 4) is 0 Å². The van der Waals surface area contributed by atoms with Gasteiger partial charge in [0.15, 0.2) is 0 Å². The van der Waals surface area contributed by atoms with Crippen LogP contribution < -0.4 is 5.32 Å². The van der Waals surface area contributed by atoms with E-state index in [9.17, 15) is 9.59 Å². The van der Waals surface area contributed by atoms with Crippen LogP contribution in [0.15, 0.2) is 0 Å². The first-order valence-corrected chi connectivity index (χ1v) is 6.86. The van der Waals surface area contributed by atoms with Gasteiger partial charge in [-0.3, -0.25) is 9.59 Å². The van der Waals surface area contributed by atoms with Crippen molar-refractivity contribution in [2.75, 3.05) is 40.0 Å². The molecule has 2 rings (SSSR count). The Bertz CT molecular complexity index is 329. The maximum absolute atomic E-state index is 12.0. The minimum atomic E-state index is -0.216. The third kappa shape index (κ3) is 3.67. The van der Waals surface area contributed by atoms with Crippen LogP contribution in [0.3, 0.4) is 0 Å². The predicted octanol–water partition coefficient (Wildman–Crippen LogP) is -0.223. The lowest BCUT2D eigenvalue weighted by Crippen LogP contribution is -2.41. The molecule has 1 N–H and O–H groups in total. The molecule has 0 radical (unpaired) electrons. The molecule has 0 aromatic heterocycles. The largest absolute Gasteiger partial charge is 0.383 e. The fraction of sp³-hybridized carbons (Fsp3) is 0.846. The maximum atomic E-state index is 12.0. The molecule has 2 heterocycles. The number of hydrogen-bond acceptors (Lipinski definition) is 4. The fourth-order valence-corrected chi connectivity index (χ4v) is 2.68. The molecule has 2 aliphatic heterocycles. The van der Waals surface area contributed by atoms with Gasteiger partial charge in [0.05, 0.1) is 12.5 Å². The second kappa shape index (κ2) is 6.86. The molecule has 0 spiro atoms. The Balaban J connectivity index is 1.82. The highest BCUT2D eigenvalue weighted by molar-refractivity contribution is 5.89. The summed E-state index contributed by atoms with van der Waals surface area (Å²) in [5.74, 6) is -0.161. The second-order valence-electron chi connectivity index (χ2n) is 5.07. The van der Waals surface area contributed by atoms with E-state index < -0.39 is 0 Å². The van der Waals surface area contributed by atoms with Crippen LogP contribution in [0.4, 0.5) is 0 Å². The van der Waals surface area contributed by atoms with E-state index in [0.717, 1.165) is 12.8 Å². The van der Waals surface area contributed by atoms with Gasteiger partial charge in [-0.25, -0.2) is 0 Å². The summed E-state index contributed by atoms with van der Waals surface area (Å²) < 4.78 is 10.2. The Kier molecular flexibility index (Phi) is 5.15. The number of likely N-dealkylation sites (tertiary alicyclic amines) is 1. The SMILES string of the molecule is COCCNC(=O)C1CC(=O)N(C2CCOCC2)C1. The Morgan fingerprint density at radius 1 is 1.47 bits per heavy atom. The van der Waals surface area contributed by atoms with Crippen LogP contribution in [0.25, 0.3) is 0 Å². The quantitative estimate of drug-likeness (QED) is 0.701. The highest BCUT2D eigenvalue weighted by Gasteiger charge is 2.38. The highest BCUT2D eigenvalue weighted by atomic mass is 16.5. The van der Waals surface area contributed by atoms with Crippen molar-refractivity contribution >= 4 is 11.8 Å². The minimum Gasteiger partial charge on any atom is -0.383 e. The molecule has 0 aromatic rings. The summed E-state index contributed by atoms with van der Waals surface area (Å²) in [6, 6.07) is 0.248. The lowest BCUT2D eigenvalue weighted by atomic mass is 10.1. The second-order valence-corrected chi connectivity index (χ2v) is 5.07. The molecule has 2 saturated heterocycles. The molecule has 0 aromatic carbocycles. The van der Waals surface area contributed by atoms with Gasteiger partial charge in [-0.15, -0.1) is 0 Å². The number of carbonyl (C=O) groups excluding carboxylic acids is 2. The number of rotatable bonds is 5. The standard InChI is InChI=1S/C13H22N2O4/c1-18-7-4-14-13(17)10-8-12(16)15(9-10)11-2-5-19-6-3-11/h10-11H,2-9H2,1H3,(H,14,17). The Morgan fingerprint density at radius 2 is 2.21 bits per heavy atom. The van der Waals surface area contributed by atoms with Crippen LogP contribution in [0.1, 0.15) is 19.3 Å². The average molecular weight is 270 g/mol. The van der Waals surface area contributed by atoms with Gasteiger partial charge >= 0.3 is 0 Å². The number of amides is 2. The van der Waals surface area contributed by atoms with Gasteiger partial charge in [0.1, 0.15) is 0 Å². The third-order valence-electron chi connectivity index (χ3n) is 3.77. The van der Waals surface area contributed by atoms with Crippen molar-refractivity contribution in [3.05, 3.63) is 0 Å². The summed E-state index contributed by atoms with van der Waals surface area (Å²) in [6.07, 6.45) is 2.09. The molecule has 19 heavy (non-hydrogen) atoms. The van der Waals surface area contributed by atoms with Gasteiger partial charge < -0.3 is 19.7 Å². The first kappa shape index (κ1) is 14.3. The molecule has 0 bridgehead atoms. The van der Waals surface area contributed by atoms with Crippen LogP contribution in [0.5, 0.6) is 0 Å². The first-order valence-electron chi connectivity index (χ1n) is 6.86. The number of hydrogen-bond donors (Lipinski definition) is 1. The molecule has 108 valence electrons. The van der Waals surface area contributed by atoms with Crippen molar-refractivity contribution < 1.29 is 19.1 Å². The number of nitrogens with zero attached hydrogens (tertiary/aromatic N) is 1. The monoisotopic (exact) mass is 270 g/mol. The van der Waals surface area contributed by atoms with E-state index >= 15 is 0 Å². The Morgan fingerprint density at radius 3 is 2.89 bits per heavy atom. The summed E-state index contributed by atoms with van der Waals surface area (Å²) in [7, 11) is 1.60. The van der Waals surface area contributed by atoms with Crippen LogP contribution in [-0.2, 0) is 19.1 Å². The van der Waals surface area contributed by atoms with Gasteiger partial charge in [0.2, 0.25) is 11.8 Å². The molecule has 1 atom stereocenters. The van der Waals surface area contributed by atoms with E-state index in [1.807, 2.05) is 4.90 Å². The smallest absolute Gasteiger partial charge is 0.225 e. The minimum absolute atomic E-state index is 0.0417. The summed E-state index contributed by atoms with van der Waals surface area (Å²) in [4.78, 5) is 25.8. The van der Waals surface area contributed by atoms with E-state index in [0.29, 0.717) is 39.3 Å². The van der Waals surface area contributed by atoms with Crippen LogP contribution in [0, 0.1) is 5.92 Å². The van der Waals surface area contributed by atoms with Crippen molar-refractivity contribution in [1.29, 1.82) is 0 Å². The molecule has 1 unspecified atom stereocenters. The lowest BCUT2D eigenvalue weighted by Gasteiger charge is -2.31. The van der Waals surface area contributed by atoms with Crippen molar-refractivity contribution in [2.24, 2.45) is 5.92 Å². The van der Waals surface area contributed by atoms with Gasteiger partial charge in [-0.05, 0) is 12.8 Å². The van der Waals surface area contributed by atoms with E-state index in [-0.39, 0.29) is 23.8 Å². The molecule has 0 saturated carbocycles. The van der Waals surface area contributed by atoms with Crippen molar-refractivity contribution in [3.63, 3.8) is 0 Å². The van der Waals surface area contributed by atoms with Gasteiger partial charge in [-0.2, -0.15) is 0 Å². The maximum Gasteiger partial charge on any atom is 0.225 e. The number of methoxy groups -OCH3 is 1. The topological polar surface area (TPSA) is 67.9 Å². The van der Waals surface area contributed by atoms with Gasteiger partial charge in [-0.1, -0.05) is 0 Å². The first-order chi connectivity index (χ1) is 9.22. The van der Waals surface area contributed by atoms with Gasteiger partial charge in [0.25, 0.3) is 0 Å². The highest BCUT2D eigenvalue weighted by Crippen LogP contribution is 2.24. The molecule has 6 nitrogen and oxygen atoms in total. The molecule has 2 amide bonds. The zero-order chi connectivity index (χ0) is 13.7. The summed E-state index contributed by atoms with van der Waals surface area (Å²) >= 11 is 0. The molecular formula is C13H22N2O4. The van der Waals surface area contributed by atoms with E-state index in [1.165, 1.54) is 0 Å². The Hall–Kier alpha value is -1.14. The summed E-state index contributed by atoms with van der Waals surface area (Å²) in [5.41, 5.74) is 0. The lowest BCUT2D eigenvalue weighted by molar-refractivity contribution is -0.131. The number of ether oxygens (including phenoxy) is 2. The average Bonchev–Trinajstić information content (AvgIpc) is 2.82. The number of carbonyl (C=O) groups is 2. The van der Waals surface area contributed by atoms with E-state index in [2.05, 4.69) is 5.32 Å². The fourth-order valence-electron chi connectivity index (χ4n) is 2.68. The Labute approximate surface area is 113 Å². The van der Waals surface area contributed by atoms with Crippen molar-refractivity contribution in [2.45, 2.75) is 25.3 Å². The summed E-state index contributed by atoms with van der Waals surface area (Å²) in [5, 5.41) is 2.80. The zero-order valence-electron chi connectivity index (χ0n) is 11.4. The molecule has 2 fully saturated rings. The van der Waals surface area contributed by atoms with E-state index in [4.69, 9.17) is 9.47 Å². The summed E-state index contributed by atoms with van der Waals surface area (Å²) in [6.45, 7) is 2.95. The van der Waals surface area contributed by atoms with Crippen molar-refractivity contribution in [1.82, 2.24) is 10.2 Å². The normalized spacial score (nSPS) is 24.8. The predicted molar refractivity (Wildman–Crippen MR) is 68.5 cm³/mol. The molecular weight excluding hydrogens is 248 g/mol. The number of nitrogens with one attached hydrogen (secondary N) is 1. The van der Waals surface area contributed by atoms with Gasteiger partial charge in [0, 0.05) is 45.9 Å². The zero-order valence-corrected chi connectivity index (χ0v) is 11.4. The van der Waals surface area contributed by atoms with Crippen LogP contribution in [0.2, 0.25) is 0 Å². The van der Waals surface area contributed by atoms with E-state index in [1.54, 1.807) is 7.11 Å². The molecule has 0 aliphatic carbocycles. The molecule has 6 heteroatoms. The molecule has 2 aliphatic rings.